The summed E-state index contributed by atoms with van der Waals surface area (Å²) < 4.78 is 44.5. The molecule has 0 amide bonds. The van der Waals surface area contributed by atoms with E-state index in [9.17, 15) is 13.2 Å². The maximum absolute atomic E-state index is 13.0. The molecule has 1 unspecified atom stereocenters. The molecule has 112 valence electrons. The lowest BCUT2D eigenvalue weighted by atomic mass is 10.1. The van der Waals surface area contributed by atoms with Crippen LogP contribution >= 0.6 is 11.3 Å². The molecule has 1 fully saturated rings. The van der Waals surface area contributed by atoms with Gasteiger partial charge in [-0.2, -0.15) is 13.2 Å². The second kappa shape index (κ2) is 5.75. The monoisotopic (exact) mass is 314 g/mol. The van der Waals surface area contributed by atoms with Crippen molar-refractivity contribution in [3.63, 3.8) is 0 Å². The van der Waals surface area contributed by atoms with Crippen LogP contribution in [-0.4, -0.2) is 24.7 Å². The minimum Gasteiger partial charge on any atom is -0.378 e. The molecule has 1 atom stereocenters. The number of rotatable bonds is 2. The van der Waals surface area contributed by atoms with Gasteiger partial charge in [0.2, 0.25) is 0 Å². The van der Waals surface area contributed by atoms with Crippen LogP contribution in [0.5, 0.6) is 0 Å². The molecule has 1 aromatic carbocycles. The SMILES string of the molecule is FC(F)(F)c1ccccc1-c1csc(C2COCCN2)n1. The Morgan fingerprint density at radius 1 is 1.29 bits per heavy atom. The fourth-order valence-electron chi connectivity index (χ4n) is 2.25. The van der Waals surface area contributed by atoms with Gasteiger partial charge in [0, 0.05) is 17.5 Å². The second-order valence-corrected chi connectivity index (χ2v) is 5.59. The smallest absolute Gasteiger partial charge is 0.378 e. The molecule has 1 aromatic heterocycles. The highest BCUT2D eigenvalue weighted by Gasteiger charge is 2.34. The highest BCUT2D eigenvalue weighted by atomic mass is 32.1. The van der Waals surface area contributed by atoms with E-state index in [-0.39, 0.29) is 11.6 Å². The first-order chi connectivity index (χ1) is 10.1. The Morgan fingerprint density at radius 2 is 2.10 bits per heavy atom. The van der Waals surface area contributed by atoms with Gasteiger partial charge in [-0.1, -0.05) is 18.2 Å². The van der Waals surface area contributed by atoms with Gasteiger partial charge in [-0.15, -0.1) is 11.3 Å². The van der Waals surface area contributed by atoms with Crippen molar-refractivity contribution in [3.05, 3.63) is 40.2 Å². The molecule has 2 aromatic rings. The summed E-state index contributed by atoms with van der Waals surface area (Å²) in [6.45, 7) is 1.86. The van der Waals surface area contributed by atoms with Crippen molar-refractivity contribution in [2.24, 2.45) is 0 Å². The Morgan fingerprint density at radius 3 is 2.81 bits per heavy atom. The first-order valence-electron chi connectivity index (χ1n) is 6.49. The Kier molecular flexibility index (Phi) is 3.97. The third kappa shape index (κ3) is 3.09. The molecule has 3 rings (SSSR count). The fraction of sp³-hybridized carbons (Fsp3) is 0.357. The van der Waals surface area contributed by atoms with Crippen molar-refractivity contribution in [2.75, 3.05) is 19.8 Å². The normalized spacial score (nSPS) is 19.7. The van der Waals surface area contributed by atoms with Gasteiger partial charge in [0.15, 0.2) is 0 Å². The summed E-state index contributed by atoms with van der Waals surface area (Å²) in [5, 5.41) is 5.66. The summed E-state index contributed by atoms with van der Waals surface area (Å²) in [6, 6.07) is 5.46. The van der Waals surface area contributed by atoms with Gasteiger partial charge < -0.3 is 10.1 Å². The first kappa shape index (κ1) is 14.5. The Labute approximate surface area is 123 Å². The van der Waals surface area contributed by atoms with Crippen LogP contribution in [0.3, 0.4) is 0 Å². The predicted molar refractivity (Wildman–Crippen MR) is 74.1 cm³/mol. The van der Waals surface area contributed by atoms with Crippen molar-refractivity contribution >= 4 is 11.3 Å². The summed E-state index contributed by atoms with van der Waals surface area (Å²) in [4.78, 5) is 4.35. The van der Waals surface area contributed by atoms with E-state index in [1.807, 2.05) is 0 Å². The number of nitrogens with zero attached hydrogens (tertiary/aromatic N) is 1. The number of hydrogen-bond donors (Lipinski definition) is 1. The van der Waals surface area contributed by atoms with Crippen LogP contribution in [-0.2, 0) is 10.9 Å². The summed E-state index contributed by atoms with van der Waals surface area (Å²) in [7, 11) is 0. The van der Waals surface area contributed by atoms with Crippen LogP contribution in [0, 0.1) is 0 Å². The number of hydrogen-bond acceptors (Lipinski definition) is 4. The van der Waals surface area contributed by atoms with Gasteiger partial charge in [-0.3, -0.25) is 0 Å². The molecule has 3 nitrogen and oxygen atoms in total. The van der Waals surface area contributed by atoms with Gasteiger partial charge in [-0.25, -0.2) is 4.98 Å². The first-order valence-corrected chi connectivity index (χ1v) is 7.37. The van der Waals surface area contributed by atoms with Crippen molar-refractivity contribution in [3.8, 4) is 11.3 Å². The number of morpholine rings is 1. The maximum Gasteiger partial charge on any atom is 0.417 e. The molecule has 1 N–H and O–H groups in total. The van der Waals surface area contributed by atoms with Gasteiger partial charge in [0.25, 0.3) is 0 Å². The van der Waals surface area contributed by atoms with Crippen LogP contribution in [0.15, 0.2) is 29.6 Å². The summed E-state index contributed by atoms with van der Waals surface area (Å²) in [6.07, 6.45) is -4.38. The number of halogens is 3. The van der Waals surface area contributed by atoms with Crippen LogP contribution in [0.25, 0.3) is 11.3 Å². The number of benzene rings is 1. The largest absolute Gasteiger partial charge is 0.417 e. The van der Waals surface area contributed by atoms with Gasteiger partial charge in [-0.05, 0) is 6.07 Å². The minimum atomic E-state index is -4.38. The van der Waals surface area contributed by atoms with Crippen molar-refractivity contribution in [1.82, 2.24) is 10.3 Å². The van der Waals surface area contributed by atoms with Crippen molar-refractivity contribution in [1.29, 1.82) is 0 Å². The molecule has 0 bridgehead atoms. The van der Waals surface area contributed by atoms with E-state index >= 15 is 0 Å². The average Bonchev–Trinajstić information content (AvgIpc) is 2.97. The Balaban J connectivity index is 1.93. The molecule has 2 heterocycles. The van der Waals surface area contributed by atoms with Gasteiger partial charge >= 0.3 is 6.18 Å². The molecule has 0 spiro atoms. The summed E-state index contributed by atoms with van der Waals surface area (Å²) in [5.74, 6) is 0. The van der Waals surface area contributed by atoms with E-state index in [0.29, 0.717) is 18.9 Å². The lowest BCUT2D eigenvalue weighted by Crippen LogP contribution is -2.34. The summed E-state index contributed by atoms with van der Waals surface area (Å²) >= 11 is 1.35. The van der Waals surface area contributed by atoms with Gasteiger partial charge in [0.05, 0.1) is 30.5 Å². The standard InChI is InChI=1S/C14H13F3N2OS/c15-14(16,17)10-4-2-1-3-9(10)12-8-21-13(19-12)11-7-20-6-5-18-11/h1-4,8,11,18H,5-7H2. The van der Waals surface area contributed by atoms with Crippen LogP contribution < -0.4 is 5.32 Å². The number of ether oxygens (including phenoxy) is 1. The van der Waals surface area contributed by atoms with E-state index in [0.717, 1.165) is 17.6 Å². The number of thiazole rings is 1. The number of alkyl halides is 3. The zero-order chi connectivity index (χ0) is 14.9. The van der Waals surface area contributed by atoms with Crippen LogP contribution in [0.4, 0.5) is 13.2 Å². The van der Waals surface area contributed by atoms with Crippen molar-refractivity contribution < 1.29 is 17.9 Å². The third-order valence-corrected chi connectivity index (χ3v) is 4.21. The zero-order valence-corrected chi connectivity index (χ0v) is 11.8. The average molecular weight is 314 g/mol. The second-order valence-electron chi connectivity index (χ2n) is 4.70. The molecule has 0 saturated carbocycles. The zero-order valence-electron chi connectivity index (χ0n) is 11.0. The topological polar surface area (TPSA) is 34.1 Å². The van der Waals surface area contributed by atoms with Gasteiger partial charge in [0.1, 0.15) is 5.01 Å². The maximum atomic E-state index is 13.0. The molecular formula is C14H13F3N2OS. The minimum absolute atomic E-state index is 0.0458. The van der Waals surface area contributed by atoms with Crippen molar-refractivity contribution in [2.45, 2.75) is 12.2 Å². The van der Waals surface area contributed by atoms with Crippen LogP contribution in [0.2, 0.25) is 0 Å². The summed E-state index contributed by atoms with van der Waals surface area (Å²) in [5.41, 5.74) is -0.186. The van der Waals surface area contributed by atoms with E-state index < -0.39 is 11.7 Å². The third-order valence-electron chi connectivity index (χ3n) is 3.25. The van der Waals surface area contributed by atoms with E-state index in [1.165, 1.54) is 23.5 Å². The fourth-order valence-corrected chi connectivity index (χ4v) is 3.13. The molecular weight excluding hydrogens is 301 g/mol. The number of nitrogens with one attached hydrogen (secondary N) is 1. The Bertz CT molecular complexity index is 621. The molecule has 1 aliphatic rings. The molecule has 1 saturated heterocycles. The lowest BCUT2D eigenvalue weighted by molar-refractivity contribution is -0.137. The molecule has 0 radical (unpaired) electrons. The Hall–Kier alpha value is -1.44. The lowest BCUT2D eigenvalue weighted by Gasteiger charge is -2.21. The van der Waals surface area contributed by atoms with E-state index in [1.54, 1.807) is 11.4 Å². The molecule has 1 aliphatic heterocycles. The quantitative estimate of drug-likeness (QED) is 0.921. The predicted octanol–water partition coefficient (Wildman–Crippen LogP) is 3.49. The van der Waals surface area contributed by atoms with Crippen LogP contribution in [0.1, 0.15) is 16.6 Å². The van der Waals surface area contributed by atoms with E-state index in [2.05, 4.69) is 10.3 Å². The molecule has 0 aliphatic carbocycles. The number of aromatic nitrogens is 1. The molecule has 21 heavy (non-hydrogen) atoms. The van der Waals surface area contributed by atoms with E-state index in [4.69, 9.17) is 4.74 Å². The highest BCUT2D eigenvalue weighted by Crippen LogP contribution is 2.37. The molecule has 7 heteroatoms. The highest BCUT2D eigenvalue weighted by molar-refractivity contribution is 7.10.